The number of nitrogens with zero attached hydrogens (tertiary/aromatic N) is 5. The molecule has 0 unspecified atom stereocenters. The van der Waals surface area contributed by atoms with Crippen molar-refractivity contribution in [3.8, 4) is 11.6 Å². The summed E-state index contributed by atoms with van der Waals surface area (Å²) in [7, 11) is 3.29. The van der Waals surface area contributed by atoms with Gasteiger partial charge >= 0.3 is 0 Å². The molecule has 5 rings (SSSR count). The molecule has 2 aliphatic rings. The minimum absolute atomic E-state index is 0.145. The molecule has 0 radical (unpaired) electrons. The second kappa shape index (κ2) is 9.48. The lowest BCUT2D eigenvalue weighted by Gasteiger charge is -2.38. The molecule has 0 spiro atoms. The van der Waals surface area contributed by atoms with E-state index in [2.05, 4.69) is 38.9 Å². The van der Waals surface area contributed by atoms with E-state index in [9.17, 15) is 5.11 Å². The van der Waals surface area contributed by atoms with Gasteiger partial charge in [0.1, 0.15) is 6.17 Å². The zero-order valence-electron chi connectivity index (χ0n) is 19.9. The van der Waals surface area contributed by atoms with E-state index >= 15 is 4.39 Å². The zero-order valence-corrected chi connectivity index (χ0v) is 19.9. The normalized spacial score (nSPS) is 21.7. The molecule has 2 aliphatic heterocycles. The Kier molecular flexibility index (Phi) is 6.42. The number of benzene rings is 1. The first-order chi connectivity index (χ1) is 16.5. The number of alkyl halides is 1. The minimum atomic E-state index is -0.929. The van der Waals surface area contributed by atoms with Crippen LogP contribution < -0.4 is 9.64 Å². The maximum absolute atomic E-state index is 15.3. The first kappa shape index (κ1) is 23.0. The fraction of sp³-hybridized carbons (Fsp3) is 0.520. The maximum atomic E-state index is 15.3. The summed E-state index contributed by atoms with van der Waals surface area (Å²) in [6, 6.07) is 6.11. The molecule has 1 aromatic carbocycles. The van der Waals surface area contributed by atoms with Crippen molar-refractivity contribution in [2.24, 2.45) is 0 Å². The van der Waals surface area contributed by atoms with Gasteiger partial charge in [0, 0.05) is 50.7 Å². The molecular weight excluding hydrogens is 437 g/mol. The van der Waals surface area contributed by atoms with E-state index in [-0.39, 0.29) is 12.0 Å². The minimum Gasteiger partial charge on any atom is -0.493 e. The topological polar surface area (TPSA) is 75.9 Å². The number of ether oxygens (including phenoxy) is 2. The quantitative estimate of drug-likeness (QED) is 0.570. The number of anilines is 1. The van der Waals surface area contributed by atoms with Crippen molar-refractivity contribution in [2.45, 2.75) is 31.5 Å². The highest BCUT2D eigenvalue weighted by Gasteiger charge is 2.32. The molecule has 8 nitrogen and oxygen atoms in total. The molecule has 0 saturated carbocycles. The Hall–Kier alpha value is -2.75. The van der Waals surface area contributed by atoms with Crippen LogP contribution in [0.25, 0.3) is 16.7 Å². The molecule has 2 aromatic heterocycles. The van der Waals surface area contributed by atoms with Crippen molar-refractivity contribution in [2.75, 3.05) is 58.5 Å². The Balaban J connectivity index is 1.47. The number of pyridine rings is 1. The van der Waals surface area contributed by atoms with Gasteiger partial charge in [-0.15, -0.1) is 0 Å². The van der Waals surface area contributed by atoms with Gasteiger partial charge in [0.05, 0.1) is 43.4 Å². The number of β-amino-alcohol motifs (C(OH)–C–C–N with tert-alkyl or cyclic N) is 1. The summed E-state index contributed by atoms with van der Waals surface area (Å²) in [6.07, 6.45) is 3.03. The number of aromatic nitrogens is 3. The van der Waals surface area contributed by atoms with Gasteiger partial charge in [-0.05, 0) is 43.1 Å². The molecule has 3 aromatic rings. The highest BCUT2D eigenvalue weighted by atomic mass is 19.1. The molecule has 34 heavy (non-hydrogen) atoms. The number of fused-ring (bicyclic) bond motifs is 1. The average Bonchev–Trinajstić information content (AvgIpc) is 3.22. The highest BCUT2D eigenvalue weighted by molar-refractivity contribution is 5.82. The number of hydrogen-bond donors (Lipinski definition) is 1. The third kappa shape index (κ3) is 4.23. The van der Waals surface area contributed by atoms with Crippen LogP contribution in [-0.2, 0) is 4.74 Å². The third-order valence-corrected chi connectivity index (χ3v) is 7.06. The number of hydrogen-bond acceptors (Lipinski definition) is 7. The van der Waals surface area contributed by atoms with Crippen LogP contribution in [0.2, 0.25) is 0 Å². The Morgan fingerprint density at radius 1 is 1.15 bits per heavy atom. The van der Waals surface area contributed by atoms with Gasteiger partial charge in [0.2, 0.25) is 0 Å². The average molecular weight is 470 g/mol. The summed E-state index contributed by atoms with van der Waals surface area (Å²) in [6.45, 7) is 5.83. The number of piperidine rings is 1. The lowest BCUT2D eigenvalue weighted by Crippen LogP contribution is -2.51. The van der Waals surface area contributed by atoms with E-state index in [4.69, 9.17) is 9.47 Å². The number of likely N-dealkylation sites (tertiary alicyclic amines) is 1. The van der Waals surface area contributed by atoms with E-state index in [0.717, 1.165) is 47.2 Å². The van der Waals surface area contributed by atoms with Crippen LogP contribution in [0.15, 0.2) is 30.6 Å². The van der Waals surface area contributed by atoms with Gasteiger partial charge in [-0.2, -0.15) is 5.10 Å². The molecule has 2 fully saturated rings. The molecule has 182 valence electrons. The van der Waals surface area contributed by atoms with Crippen molar-refractivity contribution in [3.05, 3.63) is 41.7 Å². The fourth-order valence-electron chi connectivity index (χ4n) is 5.12. The van der Waals surface area contributed by atoms with Crippen LogP contribution in [0.3, 0.4) is 0 Å². The summed E-state index contributed by atoms with van der Waals surface area (Å²) in [4.78, 5) is 8.77. The zero-order chi connectivity index (χ0) is 23.8. The van der Waals surface area contributed by atoms with Crippen molar-refractivity contribution >= 4 is 16.6 Å². The number of methoxy groups -OCH3 is 2. The Morgan fingerprint density at radius 3 is 2.68 bits per heavy atom. The predicted octanol–water partition coefficient (Wildman–Crippen LogP) is 2.69. The molecule has 0 amide bonds. The van der Waals surface area contributed by atoms with E-state index in [1.807, 2.05) is 12.3 Å². The predicted molar refractivity (Wildman–Crippen MR) is 129 cm³/mol. The van der Waals surface area contributed by atoms with E-state index in [1.54, 1.807) is 25.1 Å². The number of aryl methyl sites for hydroxylation is 1. The van der Waals surface area contributed by atoms with Crippen LogP contribution in [0, 0.1) is 6.92 Å². The Bertz CT molecular complexity index is 1160. The summed E-state index contributed by atoms with van der Waals surface area (Å²) in [5.74, 6) is 1.17. The Labute approximate surface area is 198 Å². The summed E-state index contributed by atoms with van der Waals surface area (Å²) in [5.41, 5.74) is 3.90. The Morgan fingerprint density at radius 2 is 1.97 bits per heavy atom. The monoisotopic (exact) mass is 469 g/mol. The first-order valence-electron chi connectivity index (χ1n) is 11.8. The smallest absolute Gasteiger partial charge is 0.160 e. The molecular formula is C25H32FN5O3. The molecule has 2 saturated heterocycles. The van der Waals surface area contributed by atoms with Crippen molar-refractivity contribution in [3.63, 3.8) is 0 Å². The van der Waals surface area contributed by atoms with Gasteiger partial charge in [-0.3, -0.25) is 4.90 Å². The van der Waals surface area contributed by atoms with Crippen LogP contribution in [0.4, 0.5) is 10.1 Å². The first-order valence-corrected chi connectivity index (χ1v) is 11.8. The standard InChI is InChI=1S/C25H32FN5O3/c1-16-8-17-11-28-31(25-10-23(24(34-3)12-27-25)30-13-18(32)14-30)22(17)9-20(16)19-4-5-29(6-7-33-2)15-21(19)26/h8-12,18-19,21,32H,4-7,13-15H2,1-3H3/t19-,21-/m1/s1. The highest BCUT2D eigenvalue weighted by Crippen LogP contribution is 2.36. The van der Waals surface area contributed by atoms with Gasteiger partial charge in [-0.25, -0.2) is 14.1 Å². The van der Waals surface area contributed by atoms with Crippen LogP contribution in [-0.4, -0.2) is 90.6 Å². The van der Waals surface area contributed by atoms with Crippen molar-refractivity contribution in [1.82, 2.24) is 19.7 Å². The summed E-state index contributed by atoms with van der Waals surface area (Å²) < 4.78 is 27.7. The van der Waals surface area contributed by atoms with Crippen LogP contribution in [0.5, 0.6) is 5.75 Å². The number of rotatable bonds is 7. The number of aliphatic hydroxyl groups excluding tert-OH is 1. The van der Waals surface area contributed by atoms with Crippen molar-refractivity contribution < 1.29 is 19.0 Å². The molecule has 2 atom stereocenters. The lowest BCUT2D eigenvalue weighted by molar-refractivity contribution is 0.0862. The lowest BCUT2D eigenvalue weighted by atomic mass is 9.85. The molecule has 0 aliphatic carbocycles. The van der Waals surface area contributed by atoms with Crippen LogP contribution >= 0.6 is 0 Å². The van der Waals surface area contributed by atoms with Gasteiger partial charge < -0.3 is 19.5 Å². The largest absolute Gasteiger partial charge is 0.493 e. The maximum Gasteiger partial charge on any atom is 0.160 e. The third-order valence-electron chi connectivity index (χ3n) is 7.06. The number of halogens is 1. The summed E-state index contributed by atoms with van der Waals surface area (Å²) in [5, 5.41) is 15.3. The van der Waals surface area contributed by atoms with Gasteiger partial charge in [0.15, 0.2) is 11.6 Å². The van der Waals surface area contributed by atoms with Gasteiger partial charge in [0.25, 0.3) is 0 Å². The SMILES string of the molecule is COCCN1CC[C@H](c2cc3c(cnn3-c3cc(N4CC(O)C4)c(OC)cn3)cc2C)[C@H](F)C1. The van der Waals surface area contributed by atoms with Gasteiger partial charge in [-0.1, -0.05) is 0 Å². The molecule has 0 bridgehead atoms. The van der Waals surface area contributed by atoms with E-state index in [1.165, 1.54) is 0 Å². The van der Waals surface area contributed by atoms with E-state index in [0.29, 0.717) is 37.8 Å². The number of aliphatic hydroxyl groups is 1. The molecule has 1 N–H and O–H groups in total. The van der Waals surface area contributed by atoms with Crippen LogP contribution in [0.1, 0.15) is 23.5 Å². The second-order valence-electron chi connectivity index (χ2n) is 9.30. The fourth-order valence-corrected chi connectivity index (χ4v) is 5.12. The molecule has 4 heterocycles. The molecule has 9 heteroatoms. The second-order valence-corrected chi connectivity index (χ2v) is 9.30. The van der Waals surface area contributed by atoms with E-state index < -0.39 is 6.17 Å². The van der Waals surface area contributed by atoms with Crippen molar-refractivity contribution in [1.29, 1.82) is 0 Å². The summed E-state index contributed by atoms with van der Waals surface area (Å²) >= 11 is 0.